The number of carbonyl (C=O) groups is 1. The lowest BCUT2D eigenvalue weighted by molar-refractivity contribution is -0.126. The second-order valence-corrected chi connectivity index (χ2v) is 5.08. The molecule has 2 aromatic rings. The van der Waals surface area contributed by atoms with Crippen LogP contribution in [0.5, 0.6) is 28.7 Å². The van der Waals surface area contributed by atoms with Gasteiger partial charge in [-0.05, 0) is 23.8 Å². The van der Waals surface area contributed by atoms with Crippen LogP contribution in [0, 0.1) is 0 Å². The molecule has 6 heteroatoms. The van der Waals surface area contributed by atoms with Gasteiger partial charge in [0.05, 0.1) is 32.5 Å². The molecule has 0 fully saturated rings. The van der Waals surface area contributed by atoms with E-state index in [9.17, 15) is 9.90 Å². The molecule has 124 valence electrons. The minimum absolute atomic E-state index is 0.0138. The summed E-state index contributed by atoms with van der Waals surface area (Å²) in [7, 11) is 4.50. The highest BCUT2D eigenvalue weighted by Crippen LogP contribution is 2.44. The first-order valence-electron chi connectivity index (χ1n) is 7.14. The van der Waals surface area contributed by atoms with Gasteiger partial charge in [-0.25, -0.2) is 4.79 Å². The number of ether oxygens (including phenoxy) is 4. The number of phenolic OH excluding ortho intramolecular Hbond substituents is 1. The van der Waals surface area contributed by atoms with Gasteiger partial charge < -0.3 is 24.1 Å². The van der Waals surface area contributed by atoms with E-state index in [0.29, 0.717) is 39.7 Å². The van der Waals surface area contributed by atoms with Crippen LogP contribution in [0.1, 0.15) is 11.1 Å². The summed E-state index contributed by atoms with van der Waals surface area (Å²) in [5.41, 5.74) is 1.53. The molecule has 0 aromatic heterocycles. The van der Waals surface area contributed by atoms with Crippen LogP contribution in [0.15, 0.2) is 30.3 Å². The van der Waals surface area contributed by atoms with Gasteiger partial charge in [0.25, 0.3) is 0 Å². The summed E-state index contributed by atoms with van der Waals surface area (Å²) in [6.45, 7) is 0. The van der Waals surface area contributed by atoms with Crippen LogP contribution in [-0.4, -0.2) is 32.4 Å². The third-order valence-electron chi connectivity index (χ3n) is 3.70. The highest BCUT2D eigenvalue weighted by molar-refractivity contribution is 6.26. The monoisotopic (exact) mass is 328 g/mol. The number of methoxy groups -OCH3 is 3. The lowest BCUT2D eigenvalue weighted by atomic mass is 10.0. The van der Waals surface area contributed by atoms with Crippen molar-refractivity contribution < 1.29 is 28.8 Å². The van der Waals surface area contributed by atoms with Gasteiger partial charge in [0, 0.05) is 12.1 Å². The third kappa shape index (κ3) is 2.62. The molecular weight excluding hydrogens is 312 g/mol. The minimum Gasteiger partial charge on any atom is -0.504 e. The van der Waals surface area contributed by atoms with Gasteiger partial charge in [0.1, 0.15) is 17.2 Å². The first-order valence-corrected chi connectivity index (χ1v) is 7.14. The zero-order chi connectivity index (χ0) is 17.3. The van der Waals surface area contributed by atoms with Crippen molar-refractivity contribution in [2.75, 3.05) is 21.3 Å². The Morgan fingerprint density at radius 3 is 2.38 bits per heavy atom. The first kappa shape index (κ1) is 15.7. The predicted octanol–water partition coefficient (Wildman–Crippen LogP) is 2.88. The number of hydrogen-bond donors (Lipinski definition) is 1. The molecular formula is C18H16O6. The summed E-state index contributed by atoms with van der Waals surface area (Å²) in [5.74, 6) is 1.22. The molecule has 1 aliphatic heterocycles. The highest BCUT2D eigenvalue weighted by Gasteiger charge is 2.31. The molecule has 0 bridgehead atoms. The Labute approximate surface area is 138 Å². The van der Waals surface area contributed by atoms with E-state index in [-0.39, 0.29) is 5.75 Å². The van der Waals surface area contributed by atoms with Crippen LogP contribution >= 0.6 is 0 Å². The number of rotatable bonds is 4. The third-order valence-corrected chi connectivity index (χ3v) is 3.70. The number of benzene rings is 2. The zero-order valence-corrected chi connectivity index (χ0v) is 13.5. The van der Waals surface area contributed by atoms with Crippen molar-refractivity contribution in [2.24, 2.45) is 0 Å². The van der Waals surface area contributed by atoms with Crippen molar-refractivity contribution in [1.29, 1.82) is 0 Å². The number of phenols is 1. The van der Waals surface area contributed by atoms with Crippen molar-refractivity contribution in [2.45, 2.75) is 0 Å². The maximum Gasteiger partial charge on any atom is 0.344 e. The molecule has 1 aliphatic rings. The standard InChI is InChI=1S/C18H16O6/c1-21-11-8-15(23-3)17-12(18(20)24-16(17)9-11)6-10-4-5-14(22-2)13(19)7-10/h4-9,19H,1-3H3/b12-6+. The van der Waals surface area contributed by atoms with Gasteiger partial charge in [-0.2, -0.15) is 0 Å². The Balaban J connectivity index is 2.11. The van der Waals surface area contributed by atoms with Crippen LogP contribution in [0.2, 0.25) is 0 Å². The maximum absolute atomic E-state index is 12.2. The topological polar surface area (TPSA) is 74.2 Å². The molecule has 1 N–H and O–H groups in total. The maximum atomic E-state index is 12.2. The second kappa shape index (κ2) is 6.16. The van der Waals surface area contributed by atoms with E-state index in [1.54, 1.807) is 30.3 Å². The van der Waals surface area contributed by atoms with E-state index in [1.165, 1.54) is 27.4 Å². The number of hydrogen-bond acceptors (Lipinski definition) is 6. The van der Waals surface area contributed by atoms with Crippen LogP contribution in [0.4, 0.5) is 0 Å². The average Bonchev–Trinajstić information content (AvgIpc) is 2.89. The van der Waals surface area contributed by atoms with E-state index in [1.807, 2.05) is 0 Å². The van der Waals surface area contributed by atoms with Crippen molar-refractivity contribution in [3.05, 3.63) is 41.5 Å². The summed E-state index contributed by atoms with van der Waals surface area (Å²) in [6.07, 6.45) is 1.63. The molecule has 0 spiro atoms. The lowest BCUT2D eigenvalue weighted by Gasteiger charge is -2.08. The normalized spacial score (nSPS) is 14.3. The van der Waals surface area contributed by atoms with Crippen molar-refractivity contribution in [1.82, 2.24) is 0 Å². The number of aromatic hydroxyl groups is 1. The number of esters is 1. The van der Waals surface area contributed by atoms with Crippen LogP contribution in [0.25, 0.3) is 11.6 Å². The van der Waals surface area contributed by atoms with Gasteiger partial charge in [-0.3, -0.25) is 0 Å². The van der Waals surface area contributed by atoms with Gasteiger partial charge >= 0.3 is 5.97 Å². The van der Waals surface area contributed by atoms with Gasteiger partial charge in [0.15, 0.2) is 11.5 Å². The van der Waals surface area contributed by atoms with E-state index in [4.69, 9.17) is 18.9 Å². The minimum atomic E-state index is -0.494. The van der Waals surface area contributed by atoms with Crippen molar-refractivity contribution in [3.63, 3.8) is 0 Å². The fourth-order valence-electron chi connectivity index (χ4n) is 2.54. The van der Waals surface area contributed by atoms with E-state index in [0.717, 1.165) is 0 Å². The van der Waals surface area contributed by atoms with Crippen LogP contribution < -0.4 is 18.9 Å². The summed E-state index contributed by atoms with van der Waals surface area (Å²) < 4.78 is 20.8. The quantitative estimate of drug-likeness (QED) is 0.528. The van der Waals surface area contributed by atoms with Crippen LogP contribution in [0.3, 0.4) is 0 Å². The highest BCUT2D eigenvalue weighted by atomic mass is 16.5. The fourth-order valence-corrected chi connectivity index (χ4v) is 2.54. The molecule has 0 radical (unpaired) electrons. The van der Waals surface area contributed by atoms with E-state index in [2.05, 4.69) is 0 Å². The van der Waals surface area contributed by atoms with Crippen molar-refractivity contribution >= 4 is 17.6 Å². The number of carbonyl (C=O) groups excluding carboxylic acids is 1. The average molecular weight is 328 g/mol. The Morgan fingerprint density at radius 2 is 1.75 bits per heavy atom. The summed E-state index contributed by atoms with van der Waals surface area (Å²) in [4.78, 5) is 12.2. The first-order chi connectivity index (χ1) is 11.6. The largest absolute Gasteiger partial charge is 0.504 e. The Morgan fingerprint density at radius 1 is 1.00 bits per heavy atom. The molecule has 2 aromatic carbocycles. The Hall–Kier alpha value is -3.15. The summed E-state index contributed by atoms with van der Waals surface area (Å²) in [6, 6.07) is 8.16. The Bertz CT molecular complexity index is 838. The second-order valence-electron chi connectivity index (χ2n) is 5.08. The summed E-state index contributed by atoms with van der Waals surface area (Å²) in [5, 5.41) is 9.88. The van der Waals surface area contributed by atoms with Gasteiger partial charge in [-0.1, -0.05) is 6.07 Å². The Kier molecular flexibility index (Phi) is 4.04. The molecule has 1 heterocycles. The van der Waals surface area contributed by atoms with Crippen molar-refractivity contribution in [3.8, 4) is 28.7 Å². The zero-order valence-electron chi connectivity index (χ0n) is 13.5. The molecule has 0 saturated heterocycles. The smallest absolute Gasteiger partial charge is 0.344 e. The lowest BCUT2D eigenvalue weighted by Crippen LogP contribution is -2.00. The fraction of sp³-hybridized carbons (Fsp3) is 0.167. The molecule has 0 atom stereocenters. The van der Waals surface area contributed by atoms with E-state index >= 15 is 0 Å². The van der Waals surface area contributed by atoms with E-state index < -0.39 is 5.97 Å². The van der Waals surface area contributed by atoms with Crippen LogP contribution in [-0.2, 0) is 4.79 Å². The summed E-state index contributed by atoms with van der Waals surface area (Å²) >= 11 is 0. The van der Waals surface area contributed by atoms with Gasteiger partial charge in [0.2, 0.25) is 0 Å². The molecule has 3 rings (SSSR count). The molecule has 24 heavy (non-hydrogen) atoms. The predicted molar refractivity (Wildman–Crippen MR) is 87.7 cm³/mol. The molecule has 0 amide bonds. The number of fused-ring (bicyclic) bond motifs is 1. The molecule has 0 saturated carbocycles. The molecule has 0 aliphatic carbocycles. The molecule has 0 unspecified atom stereocenters. The molecule has 6 nitrogen and oxygen atoms in total. The SMILES string of the molecule is COc1cc(OC)c2c(c1)OC(=O)/C2=C/c1ccc(OC)c(O)c1. The van der Waals surface area contributed by atoms with Gasteiger partial charge in [-0.15, -0.1) is 0 Å².